The molecule has 0 aliphatic heterocycles. The van der Waals surface area contributed by atoms with Crippen molar-refractivity contribution >= 4 is 17.8 Å². The third-order valence-electron chi connectivity index (χ3n) is 2.66. The molecule has 1 aromatic heterocycles. The summed E-state index contributed by atoms with van der Waals surface area (Å²) in [5, 5.41) is 23.2. The monoisotopic (exact) mass is 298 g/mol. The van der Waals surface area contributed by atoms with Gasteiger partial charge in [-0.1, -0.05) is 0 Å². The molecule has 0 saturated heterocycles. The number of carboxylic acids is 1. The summed E-state index contributed by atoms with van der Waals surface area (Å²) in [5.41, 5.74) is -1.56. The van der Waals surface area contributed by atoms with Gasteiger partial charge in [-0.3, -0.25) is 14.4 Å². The zero-order valence-corrected chi connectivity index (χ0v) is 11.8. The molecule has 0 fully saturated rings. The Morgan fingerprint density at radius 3 is 2.62 bits per heavy atom. The molecule has 0 aliphatic carbocycles. The number of aliphatic hydroxyl groups is 1. The summed E-state index contributed by atoms with van der Waals surface area (Å²) in [5.74, 6) is -2.18. The van der Waals surface area contributed by atoms with Crippen LogP contribution in [0.4, 0.5) is 0 Å². The Morgan fingerprint density at radius 1 is 1.43 bits per heavy atom. The summed E-state index contributed by atoms with van der Waals surface area (Å²) < 4.78 is 4.88. The van der Waals surface area contributed by atoms with Crippen LogP contribution in [0.1, 0.15) is 30.8 Å². The first-order valence-corrected chi connectivity index (χ1v) is 6.27. The fourth-order valence-electron chi connectivity index (χ4n) is 1.56. The second-order valence-corrected chi connectivity index (χ2v) is 4.96. The Bertz CT molecular complexity index is 509. The topological polar surface area (TPSA) is 129 Å². The number of carboxylic acid groups (broad SMARTS) is 1. The third-order valence-corrected chi connectivity index (χ3v) is 2.66. The molecule has 0 spiro atoms. The van der Waals surface area contributed by atoms with E-state index in [1.807, 2.05) is 0 Å². The standard InChI is InChI=1S/C13H18N2O6/c1-8(15-12(19)9-4-3-5-21-9)11(18)14-7-13(2,20)6-10(16)17/h3-5,8,20H,6-7H2,1-2H3,(H,14,18)(H,15,19)(H,16,17). The van der Waals surface area contributed by atoms with Crippen LogP contribution in [0.15, 0.2) is 22.8 Å². The summed E-state index contributed by atoms with van der Waals surface area (Å²) in [7, 11) is 0. The maximum atomic E-state index is 11.8. The average molecular weight is 298 g/mol. The van der Waals surface area contributed by atoms with E-state index in [9.17, 15) is 19.5 Å². The van der Waals surface area contributed by atoms with Gasteiger partial charge in [-0.2, -0.15) is 0 Å². The summed E-state index contributed by atoms with van der Waals surface area (Å²) >= 11 is 0. The van der Waals surface area contributed by atoms with E-state index >= 15 is 0 Å². The van der Waals surface area contributed by atoms with Crippen LogP contribution >= 0.6 is 0 Å². The quantitative estimate of drug-likeness (QED) is 0.549. The Labute approximate surface area is 121 Å². The molecule has 2 unspecified atom stereocenters. The minimum absolute atomic E-state index is 0.0764. The number of rotatable bonds is 7. The van der Waals surface area contributed by atoms with Gasteiger partial charge in [0.25, 0.3) is 5.91 Å². The first kappa shape index (κ1) is 16.7. The fourth-order valence-corrected chi connectivity index (χ4v) is 1.56. The van der Waals surface area contributed by atoms with Crippen molar-refractivity contribution in [2.24, 2.45) is 0 Å². The first-order chi connectivity index (χ1) is 9.71. The van der Waals surface area contributed by atoms with Gasteiger partial charge >= 0.3 is 5.97 Å². The molecule has 4 N–H and O–H groups in total. The van der Waals surface area contributed by atoms with Crippen LogP contribution in [-0.2, 0) is 9.59 Å². The maximum Gasteiger partial charge on any atom is 0.306 e. The summed E-state index contributed by atoms with van der Waals surface area (Å²) in [4.78, 5) is 34.0. The second-order valence-electron chi connectivity index (χ2n) is 4.96. The molecule has 116 valence electrons. The van der Waals surface area contributed by atoms with Crippen molar-refractivity contribution < 1.29 is 29.0 Å². The number of amides is 2. The molecule has 21 heavy (non-hydrogen) atoms. The van der Waals surface area contributed by atoms with Gasteiger partial charge in [0.15, 0.2) is 5.76 Å². The van der Waals surface area contributed by atoms with Gasteiger partial charge < -0.3 is 25.3 Å². The SMILES string of the molecule is CC(NC(=O)c1ccco1)C(=O)NCC(C)(O)CC(=O)O. The third kappa shape index (κ3) is 5.65. The molecule has 0 radical (unpaired) electrons. The fraction of sp³-hybridized carbons (Fsp3) is 0.462. The van der Waals surface area contributed by atoms with Crippen LogP contribution in [-0.4, -0.2) is 46.2 Å². The number of hydrogen-bond donors (Lipinski definition) is 4. The van der Waals surface area contributed by atoms with E-state index in [0.717, 1.165) is 0 Å². The van der Waals surface area contributed by atoms with E-state index in [1.165, 1.54) is 26.2 Å². The molecule has 2 amide bonds. The molecule has 0 bridgehead atoms. The molecule has 0 aromatic carbocycles. The van der Waals surface area contributed by atoms with E-state index in [2.05, 4.69) is 10.6 Å². The van der Waals surface area contributed by atoms with Crippen LogP contribution in [0.2, 0.25) is 0 Å². The lowest BCUT2D eigenvalue weighted by Crippen LogP contribution is -2.49. The Kier molecular flexibility index (Phi) is 5.48. The minimum Gasteiger partial charge on any atom is -0.481 e. The van der Waals surface area contributed by atoms with Crippen molar-refractivity contribution in [3.63, 3.8) is 0 Å². The number of aliphatic carboxylic acids is 1. The lowest BCUT2D eigenvalue weighted by atomic mass is 10.0. The molecule has 1 aromatic rings. The predicted molar refractivity (Wildman–Crippen MR) is 71.5 cm³/mol. The van der Waals surface area contributed by atoms with Crippen LogP contribution in [0.3, 0.4) is 0 Å². The smallest absolute Gasteiger partial charge is 0.306 e. The van der Waals surface area contributed by atoms with E-state index in [0.29, 0.717) is 0 Å². The molecule has 0 saturated carbocycles. The van der Waals surface area contributed by atoms with Gasteiger partial charge in [-0.05, 0) is 26.0 Å². The predicted octanol–water partition coefficient (Wildman–Crippen LogP) is -0.260. The average Bonchev–Trinajstić information content (AvgIpc) is 2.88. The highest BCUT2D eigenvalue weighted by Gasteiger charge is 2.26. The Morgan fingerprint density at radius 2 is 2.10 bits per heavy atom. The summed E-state index contributed by atoms with van der Waals surface area (Å²) in [6.45, 7) is 2.52. The molecule has 8 nitrogen and oxygen atoms in total. The van der Waals surface area contributed by atoms with Crippen molar-refractivity contribution in [1.29, 1.82) is 0 Å². The van der Waals surface area contributed by atoms with Gasteiger partial charge in [0.2, 0.25) is 5.91 Å². The number of furan rings is 1. The molecule has 0 aliphatic rings. The van der Waals surface area contributed by atoms with E-state index in [-0.39, 0.29) is 12.3 Å². The van der Waals surface area contributed by atoms with Gasteiger partial charge in [-0.25, -0.2) is 0 Å². The number of carbonyl (C=O) groups excluding carboxylic acids is 2. The van der Waals surface area contributed by atoms with Gasteiger partial charge in [0, 0.05) is 6.54 Å². The van der Waals surface area contributed by atoms with Crippen molar-refractivity contribution in [3.05, 3.63) is 24.2 Å². The lowest BCUT2D eigenvalue weighted by Gasteiger charge is -2.22. The van der Waals surface area contributed by atoms with Gasteiger partial charge in [0.05, 0.1) is 18.3 Å². The van der Waals surface area contributed by atoms with E-state index in [4.69, 9.17) is 9.52 Å². The molecule has 2 atom stereocenters. The highest BCUT2D eigenvalue weighted by atomic mass is 16.4. The zero-order valence-electron chi connectivity index (χ0n) is 11.8. The lowest BCUT2D eigenvalue weighted by molar-refractivity contribution is -0.142. The number of nitrogens with one attached hydrogen (secondary N) is 2. The van der Waals surface area contributed by atoms with Crippen LogP contribution in [0.5, 0.6) is 0 Å². The van der Waals surface area contributed by atoms with E-state index < -0.39 is 35.8 Å². The van der Waals surface area contributed by atoms with Gasteiger partial charge in [0.1, 0.15) is 6.04 Å². The zero-order chi connectivity index (χ0) is 16.0. The minimum atomic E-state index is -1.56. The summed E-state index contributed by atoms with van der Waals surface area (Å²) in [6, 6.07) is 2.14. The van der Waals surface area contributed by atoms with Crippen LogP contribution < -0.4 is 10.6 Å². The summed E-state index contributed by atoms with van der Waals surface area (Å²) in [6.07, 6.45) is 0.836. The van der Waals surface area contributed by atoms with Crippen LogP contribution in [0.25, 0.3) is 0 Å². The molecule has 8 heteroatoms. The van der Waals surface area contributed by atoms with Crippen molar-refractivity contribution in [1.82, 2.24) is 10.6 Å². The molecule has 1 rings (SSSR count). The maximum absolute atomic E-state index is 11.8. The normalized spacial score (nSPS) is 14.8. The largest absolute Gasteiger partial charge is 0.481 e. The van der Waals surface area contributed by atoms with Crippen LogP contribution in [0, 0.1) is 0 Å². The van der Waals surface area contributed by atoms with Crippen molar-refractivity contribution in [2.45, 2.75) is 31.9 Å². The van der Waals surface area contributed by atoms with Crippen molar-refractivity contribution in [2.75, 3.05) is 6.54 Å². The van der Waals surface area contributed by atoms with E-state index in [1.54, 1.807) is 6.07 Å². The highest BCUT2D eigenvalue weighted by molar-refractivity contribution is 5.95. The Balaban J connectivity index is 2.44. The number of hydrogen-bond acceptors (Lipinski definition) is 5. The number of carbonyl (C=O) groups is 3. The van der Waals surface area contributed by atoms with Crippen molar-refractivity contribution in [3.8, 4) is 0 Å². The Hall–Kier alpha value is -2.35. The first-order valence-electron chi connectivity index (χ1n) is 6.27. The molecular formula is C13H18N2O6. The highest BCUT2D eigenvalue weighted by Crippen LogP contribution is 2.07. The van der Waals surface area contributed by atoms with Gasteiger partial charge in [-0.15, -0.1) is 0 Å². The molecule has 1 heterocycles. The molecular weight excluding hydrogens is 280 g/mol. The second kappa shape index (κ2) is 6.89.